The minimum absolute atomic E-state index is 0. The fourth-order valence-corrected chi connectivity index (χ4v) is 2.39. The van der Waals surface area contributed by atoms with Gasteiger partial charge in [-0.05, 0) is 49.9 Å². The van der Waals surface area contributed by atoms with Gasteiger partial charge in [0.05, 0.1) is 11.0 Å². The molecule has 2 heterocycles. The summed E-state index contributed by atoms with van der Waals surface area (Å²) in [4.78, 5) is 9.16. The van der Waals surface area contributed by atoms with E-state index in [1.165, 1.54) is 33.0 Å². The zero-order chi connectivity index (χ0) is 12.9. The van der Waals surface area contributed by atoms with Gasteiger partial charge in [0, 0.05) is 23.2 Å². The second-order valence-corrected chi connectivity index (χ2v) is 4.99. The predicted molar refractivity (Wildman–Crippen MR) is 76.0 cm³/mol. The fraction of sp³-hybridized carbons (Fsp3) is 0.250. The van der Waals surface area contributed by atoms with Gasteiger partial charge in [-0.3, -0.25) is 9.97 Å². The first-order valence-corrected chi connectivity index (χ1v) is 6.20. The number of fused-ring (bicyclic) bond motifs is 3. The molecule has 0 fully saturated rings. The first kappa shape index (κ1) is 14.0. The monoisotopic (exact) mass is 299 g/mol. The Bertz CT molecular complexity index is 712. The van der Waals surface area contributed by atoms with Crippen molar-refractivity contribution in [3.63, 3.8) is 0 Å². The van der Waals surface area contributed by atoms with Crippen molar-refractivity contribution >= 4 is 21.8 Å². The molecule has 0 aliphatic rings. The maximum atomic E-state index is 4.58. The van der Waals surface area contributed by atoms with Crippen LogP contribution in [-0.4, -0.2) is 9.97 Å². The Morgan fingerprint density at radius 1 is 0.684 bits per heavy atom. The largest absolute Gasteiger partial charge is 1.00 e. The molecule has 0 saturated heterocycles. The number of hydrogen-bond acceptors (Lipinski definition) is 2. The average molecular weight is 300 g/mol. The van der Waals surface area contributed by atoms with E-state index in [1.807, 2.05) is 12.4 Å². The number of benzene rings is 1. The Balaban J connectivity index is 0.00000133. The molecule has 2 aromatic heterocycles. The van der Waals surface area contributed by atoms with Crippen LogP contribution in [-0.2, 0) is 17.1 Å². The molecular weight excluding hydrogens is 284 g/mol. The summed E-state index contributed by atoms with van der Waals surface area (Å²) in [5.41, 5.74) is 7.07. The first-order chi connectivity index (χ1) is 8.59. The molecule has 0 spiro atoms. The van der Waals surface area contributed by atoms with Crippen LogP contribution in [0.1, 0.15) is 22.3 Å². The quantitative estimate of drug-likeness (QED) is 0.463. The smallest absolute Gasteiger partial charge is 0.254 e. The van der Waals surface area contributed by atoms with Crippen molar-refractivity contribution in [2.24, 2.45) is 0 Å². The van der Waals surface area contributed by atoms with E-state index in [9.17, 15) is 0 Å². The van der Waals surface area contributed by atoms with E-state index in [0.717, 1.165) is 11.0 Å². The van der Waals surface area contributed by atoms with Gasteiger partial charge in [-0.25, -0.2) is 0 Å². The van der Waals surface area contributed by atoms with Crippen LogP contribution in [0.25, 0.3) is 21.8 Å². The minimum atomic E-state index is 0. The molecule has 3 rings (SSSR count). The van der Waals surface area contributed by atoms with E-state index in [0.29, 0.717) is 0 Å². The normalized spacial score (nSPS) is 10.7. The second-order valence-electron chi connectivity index (χ2n) is 4.99. The molecule has 0 aliphatic carbocycles. The Hall–Kier alpha value is -1.44. The van der Waals surface area contributed by atoms with Crippen LogP contribution in [0.2, 0.25) is 0 Å². The van der Waals surface area contributed by atoms with E-state index in [4.69, 9.17) is 0 Å². The van der Waals surface area contributed by atoms with E-state index < -0.39 is 0 Å². The molecule has 0 unspecified atom stereocenters. The van der Waals surface area contributed by atoms with Gasteiger partial charge in [0.2, 0.25) is 0 Å². The molecule has 0 atom stereocenters. The van der Waals surface area contributed by atoms with Crippen molar-refractivity contribution in [1.29, 1.82) is 0 Å². The maximum absolute atomic E-state index is 4.58. The summed E-state index contributed by atoms with van der Waals surface area (Å²) in [5.74, 6) is 0. The summed E-state index contributed by atoms with van der Waals surface area (Å²) >= 11 is 0. The fourth-order valence-electron chi connectivity index (χ4n) is 2.39. The number of hydrogen-bond donors (Lipinski definition) is 0. The molecule has 3 heteroatoms. The van der Waals surface area contributed by atoms with Gasteiger partial charge in [0.25, 0.3) is 0 Å². The van der Waals surface area contributed by atoms with E-state index in [-0.39, 0.29) is 17.1 Å². The third kappa shape index (κ3) is 2.03. The topological polar surface area (TPSA) is 25.8 Å². The molecule has 0 radical (unpaired) electrons. The van der Waals surface area contributed by atoms with Crippen LogP contribution in [0.4, 0.5) is 0 Å². The summed E-state index contributed by atoms with van der Waals surface area (Å²) in [6.45, 7) is 8.48. The average Bonchev–Trinajstić information content (AvgIpc) is 2.38. The van der Waals surface area contributed by atoms with Gasteiger partial charge >= 0.3 is 17.1 Å². The predicted octanol–water partition coefficient (Wildman–Crippen LogP) is 4.01. The molecule has 0 saturated carbocycles. The molecule has 2 nitrogen and oxygen atoms in total. The molecule has 0 bridgehead atoms. The number of aryl methyl sites for hydroxylation is 4. The molecule has 0 amide bonds. The van der Waals surface area contributed by atoms with Crippen molar-refractivity contribution in [2.45, 2.75) is 27.7 Å². The number of aromatic nitrogens is 2. The van der Waals surface area contributed by atoms with E-state index in [2.05, 4.69) is 49.8 Å². The Labute approximate surface area is 123 Å². The van der Waals surface area contributed by atoms with Crippen LogP contribution in [0.5, 0.6) is 0 Å². The molecule has 3 aromatic rings. The number of nitrogens with zero attached hydrogens (tertiary/aromatic N) is 2. The van der Waals surface area contributed by atoms with Gasteiger partial charge < -0.3 is 0 Å². The van der Waals surface area contributed by atoms with Gasteiger partial charge in [-0.1, -0.05) is 12.1 Å². The van der Waals surface area contributed by atoms with Gasteiger partial charge in [0.15, 0.2) is 0 Å². The summed E-state index contributed by atoms with van der Waals surface area (Å²) in [7, 11) is 0. The Morgan fingerprint density at radius 3 is 1.42 bits per heavy atom. The zero-order valence-electron chi connectivity index (χ0n) is 11.5. The van der Waals surface area contributed by atoms with Crippen LogP contribution in [0, 0.1) is 27.7 Å². The third-order valence-corrected chi connectivity index (χ3v) is 3.92. The van der Waals surface area contributed by atoms with E-state index >= 15 is 0 Å². The maximum Gasteiger partial charge on any atom is 1.00 e. The van der Waals surface area contributed by atoms with Crippen molar-refractivity contribution in [3.8, 4) is 0 Å². The summed E-state index contributed by atoms with van der Waals surface area (Å²) in [6.07, 6.45) is 3.88. The van der Waals surface area contributed by atoms with Crippen LogP contribution in [0.15, 0.2) is 24.5 Å². The van der Waals surface area contributed by atoms with Crippen LogP contribution >= 0.6 is 0 Å². The summed E-state index contributed by atoms with van der Waals surface area (Å²) < 4.78 is 0. The first-order valence-electron chi connectivity index (χ1n) is 6.20. The molecule has 0 aliphatic heterocycles. The van der Waals surface area contributed by atoms with E-state index in [1.54, 1.807) is 0 Å². The Morgan fingerprint density at radius 2 is 1.05 bits per heavy atom. The molecule has 100 valence electrons. The zero-order valence-corrected chi connectivity index (χ0v) is 12.4. The summed E-state index contributed by atoms with van der Waals surface area (Å²) in [6, 6.07) is 4.34. The SMILES string of the molecule is Cc1cnc2c(ccc3c(C)c(C)cnc32)c1C.[Cu+]. The molecule has 19 heavy (non-hydrogen) atoms. The molecule has 0 N–H and O–H groups in total. The molecular formula is C16H16CuN2+. The van der Waals surface area contributed by atoms with Crippen LogP contribution in [0.3, 0.4) is 0 Å². The van der Waals surface area contributed by atoms with Crippen molar-refractivity contribution in [1.82, 2.24) is 9.97 Å². The standard InChI is InChI=1S/C16H16N2.Cu/c1-9-7-17-15-13(11(9)3)5-6-14-12(4)10(2)8-18-16(14)15;/h5-8H,1-4H3;/q;+1. The third-order valence-electron chi connectivity index (χ3n) is 3.92. The molecule has 1 aromatic carbocycles. The number of pyridine rings is 2. The van der Waals surface area contributed by atoms with Crippen molar-refractivity contribution in [3.05, 3.63) is 46.8 Å². The number of rotatable bonds is 0. The van der Waals surface area contributed by atoms with Crippen LogP contribution < -0.4 is 0 Å². The van der Waals surface area contributed by atoms with Gasteiger partial charge in [0.1, 0.15) is 0 Å². The summed E-state index contributed by atoms with van der Waals surface area (Å²) in [5, 5.41) is 2.41. The second kappa shape index (κ2) is 4.92. The Kier molecular flexibility index (Phi) is 3.62. The van der Waals surface area contributed by atoms with Gasteiger partial charge in [-0.15, -0.1) is 0 Å². The van der Waals surface area contributed by atoms with Crippen molar-refractivity contribution < 1.29 is 17.1 Å². The van der Waals surface area contributed by atoms with Crippen molar-refractivity contribution in [2.75, 3.05) is 0 Å². The van der Waals surface area contributed by atoms with Gasteiger partial charge in [-0.2, -0.15) is 0 Å². The minimum Gasteiger partial charge on any atom is -0.254 e.